The van der Waals surface area contributed by atoms with Gasteiger partial charge in [-0.2, -0.15) is 0 Å². The lowest BCUT2D eigenvalue weighted by atomic mass is 10.7. The van der Waals surface area contributed by atoms with E-state index in [1.54, 1.807) is 0 Å². The van der Waals surface area contributed by atoms with Crippen LogP contribution >= 0.6 is 0 Å². The van der Waals surface area contributed by atoms with Crippen LogP contribution in [0.5, 0.6) is 0 Å². The lowest BCUT2D eigenvalue weighted by Gasteiger charge is -1.91. The van der Waals surface area contributed by atoms with Gasteiger partial charge >= 0.3 is 0 Å². The molecule has 0 unspecified atom stereocenters. The number of rotatable bonds is 2. The van der Waals surface area contributed by atoms with Crippen LogP contribution in [-0.2, 0) is 10.0 Å². The summed E-state index contributed by atoms with van der Waals surface area (Å²) in [5.74, 6) is 0. The van der Waals surface area contributed by atoms with E-state index in [0.29, 0.717) is 6.21 Å². The minimum atomic E-state index is -3.77. The molecule has 0 amide bonds. The minimum absolute atomic E-state index is 0.387. The van der Waals surface area contributed by atoms with Crippen molar-refractivity contribution in [3.05, 3.63) is 11.1 Å². The lowest BCUT2D eigenvalue weighted by molar-refractivity contribution is 0.605. The van der Waals surface area contributed by atoms with Crippen molar-refractivity contribution >= 4 is 16.2 Å². The predicted molar refractivity (Wildman–Crippen MR) is 34.2 cm³/mol. The van der Waals surface area contributed by atoms with E-state index in [1.807, 2.05) is 0 Å². The molecule has 0 fully saturated rings. The Morgan fingerprint density at radius 2 is 2.00 bits per heavy atom. The van der Waals surface area contributed by atoms with Crippen LogP contribution in [0.3, 0.4) is 0 Å². The summed E-state index contributed by atoms with van der Waals surface area (Å²) in [7, 11) is -3.77. The zero-order chi connectivity index (χ0) is 7.49. The maximum absolute atomic E-state index is 10.3. The van der Waals surface area contributed by atoms with Crippen molar-refractivity contribution in [1.29, 1.82) is 5.41 Å². The molecule has 0 rings (SSSR count). The highest BCUT2D eigenvalue weighted by Gasteiger charge is 2.06. The zero-order valence-corrected chi connectivity index (χ0v) is 5.35. The highest BCUT2D eigenvalue weighted by Crippen LogP contribution is 1.92. The van der Waals surface area contributed by atoms with Gasteiger partial charge in [-0.3, -0.25) is 0 Å². The molecule has 0 radical (unpaired) electrons. The largest absolute Gasteiger partial charge is 0.403 e. The van der Waals surface area contributed by atoms with Crippen LogP contribution in [0.15, 0.2) is 11.1 Å². The summed E-state index contributed by atoms with van der Waals surface area (Å²) in [6, 6.07) is 0. The highest BCUT2D eigenvalue weighted by atomic mass is 32.2. The maximum atomic E-state index is 10.3. The second-order valence-electron chi connectivity index (χ2n) is 1.26. The van der Waals surface area contributed by atoms with Gasteiger partial charge in [0.05, 0.1) is 0 Å². The highest BCUT2D eigenvalue weighted by molar-refractivity contribution is 7.93. The third-order valence-corrected chi connectivity index (χ3v) is 1.55. The molecule has 52 valence electrons. The lowest BCUT2D eigenvalue weighted by Crippen LogP contribution is -2.16. The van der Waals surface area contributed by atoms with Crippen LogP contribution in [0.4, 0.5) is 0 Å². The second kappa shape index (κ2) is 2.60. The minimum Gasteiger partial charge on any atom is -0.403 e. The van der Waals surface area contributed by atoms with Gasteiger partial charge in [0.15, 0.2) is 0 Å². The van der Waals surface area contributed by atoms with E-state index in [4.69, 9.17) is 11.1 Å². The molecular formula is C3H7N3O2S. The van der Waals surface area contributed by atoms with Gasteiger partial charge in [0, 0.05) is 12.4 Å². The molecule has 0 aliphatic carbocycles. The van der Waals surface area contributed by atoms with Crippen LogP contribution in [0, 0.1) is 5.41 Å². The molecule has 5 N–H and O–H groups in total. The summed E-state index contributed by atoms with van der Waals surface area (Å²) in [6.45, 7) is 0. The molecule has 0 aliphatic rings. The molecule has 0 bridgehead atoms. The Morgan fingerprint density at radius 3 is 2.00 bits per heavy atom. The maximum Gasteiger partial charge on any atom is 0.240 e. The summed E-state index contributed by atoms with van der Waals surface area (Å²) >= 11 is 0. The fraction of sp³-hybridized carbons (Fsp3) is 0. The molecule has 0 aromatic carbocycles. The number of primary sulfonamides is 1. The monoisotopic (exact) mass is 149 g/mol. The molecule has 0 atom stereocenters. The predicted octanol–water partition coefficient (Wildman–Crippen LogP) is -1.28. The van der Waals surface area contributed by atoms with Crippen molar-refractivity contribution in [2.75, 3.05) is 0 Å². The number of nitrogens with two attached hydrogens (primary N) is 2. The Labute approximate surface area is 52.9 Å². The van der Waals surface area contributed by atoms with Crippen molar-refractivity contribution in [2.45, 2.75) is 0 Å². The van der Waals surface area contributed by atoms with E-state index in [0.717, 1.165) is 6.20 Å². The summed E-state index contributed by atoms with van der Waals surface area (Å²) in [5.41, 5.74) is 4.80. The number of hydrogen-bond acceptors (Lipinski definition) is 4. The van der Waals surface area contributed by atoms with Gasteiger partial charge < -0.3 is 11.1 Å². The van der Waals surface area contributed by atoms with Gasteiger partial charge in [0.1, 0.15) is 4.91 Å². The fourth-order valence-corrected chi connectivity index (χ4v) is 0.579. The van der Waals surface area contributed by atoms with Crippen LogP contribution in [0.25, 0.3) is 0 Å². The summed E-state index contributed by atoms with van der Waals surface area (Å²) in [4.78, 5) is -0.387. The first-order valence-electron chi connectivity index (χ1n) is 1.97. The van der Waals surface area contributed by atoms with Gasteiger partial charge in [0.25, 0.3) is 0 Å². The van der Waals surface area contributed by atoms with Crippen molar-refractivity contribution in [2.24, 2.45) is 10.9 Å². The molecule has 0 saturated carbocycles. The number of hydrogen-bond donors (Lipinski definition) is 3. The average Bonchev–Trinajstić information content (AvgIpc) is 1.65. The zero-order valence-electron chi connectivity index (χ0n) is 4.53. The Bertz CT molecular complexity index is 227. The van der Waals surface area contributed by atoms with Crippen LogP contribution in [0.1, 0.15) is 0 Å². The molecule has 5 nitrogen and oxygen atoms in total. The average molecular weight is 149 g/mol. The summed E-state index contributed by atoms with van der Waals surface area (Å²) in [6.07, 6.45) is 1.34. The van der Waals surface area contributed by atoms with Gasteiger partial charge in [0.2, 0.25) is 10.0 Å². The van der Waals surface area contributed by atoms with Gasteiger partial charge in [-0.15, -0.1) is 0 Å². The van der Waals surface area contributed by atoms with Crippen molar-refractivity contribution in [3.8, 4) is 0 Å². The van der Waals surface area contributed by atoms with Crippen molar-refractivity contribution < 1.29 is 8.42 Å². The van der Waals surface area contributed by atoms with E-state index < -0.39 is 10.0 Å². The number of sulfonamides is 1. The van der Waals surface area contributed by atoms with Gasteiger partial charge in [-0.25, -0.2) is 13.6 Å². The molecule has 0 saturated heterocycles. The first-order valence-corrected chi connectivity index (χ1v) is 3.52. The summed E-state index contributed by atoms with van der Waals surface area (Å²) < 4.78 is 20.5. The van der Waals surface area contributed by atoms with E-state index >= 15 is 0 Å². The molecule has 9 heavy (non-hydrogen) atoms. The Kier molecular flexibility index (Phi) is 2.35. The molecule has 0 aromatic heterocycles. The Balaban J connectivity index is 4.77. The molecule has 0 heterocycles. The van der Waals surface area contributed by atoms with E-state index in [-0.39, 0.29) is 4.91 Å². The third-order valence-electron chi connectivity index (χ3n) is 0.635. The summed E-state index contributed by atoms with van der Waals surface area (Å²) in [5, 5.41) is 11.1. The first-order chi connectivity index (χ1) is 4.02. The number of nitrogens with one attached hydrogen (secondary N) is 1. The fourth-order valence-electron chi connectivity index (χ4n) is 0.225. The molecule has 0 aliphatic heterocycles. The Hall–Kier alpha value is -0.880. The van der Waals surface area contributed by atoms with Gasteiger partial charge in [-0.1, -0.05) is 0 Å². The quantitative estimate of drug-likeness (QED) is 0.425. The molecule has 0 spiro atoms. The molecule has 6 heteroatoms. The topological polar surface area (TPSA) is 110 Å². The second-order valence-corrected chi connectivity index (χ2v) is 2.82. The van der Waals surface area contributed by atoms with Gasteiger partial charge in [-0.05, 0) is 0 Å². The van der Waals surface area contributed by atoms with Crippen LogP contribution < -0.4 is 10.9 Å². The molecular weight excluding hydrogens is 142 g/mol. The smallest absolute Gasteiger partial charge is 0.240 e. The van der Waals surface area contributed by atoms with Crippen LogP contribution in [-0.4, -0.2) is 14.6 Å². The van der Waals surface area contributed by atoms with Crippen molar-refractivity contribution in [1.82, 2.24) is 0 Å². The standard InChI is InChI=1S/C3H7N3O2S/c4-1-3(2-5)9(6,7)8/h1-2,4H,5H2,(H2,6,7,8)/b3-2+,4-1?. The van der Waals surface area contributed by atoms with E-state index in [9.17, 15) is 8.42 Å². The van der Waals surface area contributed by atoms with E-state index in [2.05, 4.69) is 5.14 Å². The number of allylic oxidation sites excluding steroid dienone is 1. The van der Waals surface area contributed by atoms with E-state index in [1.165, 1.54) is 0 Å². The van der Waals surface area contributed by atoms with Crippen molar-refractivity contribution in [3.63, 3.8) is 0 Å². The normalized spacial score (nSPS) is 13.2. The van der Waals surface area contributed by atoms with Crippen LogP contribution in [0.2, 0.25) is 0 Å². The SMILES string of the molecule is N=C/C(=C\N)S(N)(=O)=O. The molecule has 0 aromatic rings. The Morgan fingerprint density at radius 1 is 1.56 bits per heavy atom. The first kappa shape index (κ1) is 8.12. The third kappa shape index (κ3) is 2.24.